The number of hydrogen-bond donors (Lipinski definition) is 3. The van der Waals surface area contributed by atoms with Gasteiger partial charge in [0, 0.05) is 11.6 Å². The monoisotopic (exact) mass is 297 g/mol. The van der Waals surface area contributed by atoms with Gasteiger partial charge in [-0.1, -0.05) is 0 Å². The second-order valence-corrected chi connectivity index (χ2v) is 3.97. The van der Waals surface area contributed by atoms with Crippen molar-refractivity contribution in [1.29, 1.82) is 0 Å². The summed E-state index contributed by atoms with van der Waals surface area (Å²) in [5.41, 5.74) is 4.03. The van der Waals surface area contributed by atoms with Crippen LogP contribution in [0.2, 0.25) is 0 Å². The highest BCUT2D eigenvalue weighted by Crippen LogP contribution is 2.29. The standard InChI is InChI=1S/C11H11N3O7/c12-11(19)6-1-2-7(8(3-6)14(20)21)13(4-9(15)16)5-10(17)18/h1-3H,4-5H2,(H2,12,19)(H,15,16)(H,17,18). The molecule has 0 aromatic heterocycles. The minimum atomic E-state index is -1.36. The molecule has 10 heteroatoms. The summed E-state index contributed by atoms with van der Waals surface area (Å²) >= 11 is 0. The van der Waals surface area contributed by atoms with Crippen LogP contribution in [0.1, 0.15) is 10.4 Å². The predicted octanol–water partition coefficient (Wildman–Crippen LogP) is -0.331. The van der Waals surface area contributed by atoms with E-state index in [0.717, 1.165) is 23.1 Å². The number of aliphatic carboxylic acids is 2. The Morgan fingerprint density at radius 3 is 2.10 bits per heavy atom. The van der Waals surface area contributed by atoms with E-state index in [4.69, 9.17) is 15.9 Å². The average molecular weight is 297 g/mol. The van der Waals surface area contributed by atoms with E-state index in [1.807, 2.05) is 0 Å². The number of nitrogens with two attached hydrogens (primary N) is 1. The van der Waals surface area contributed by atoms with E-state index in [2.05, 4.69) is 0 Å². The van der Waals surface area contributed by atoms with Crippen LogP contribution in [-0.2, 0) is 9.59 Å². The van der Waals surface area contributed by atoms with Crippen LogP contribution in [0.5, 0.6) is 0 Å². The van der Waals surface area contributed by atoms with Crippen molar-refractivity contribution in [3.8, 4) is 0 Å². The van der Waals surface area contributed by atoms with E-state index >= 15 is 0 Å². The van der Waals surface area contributed by atoms with Gasteiger partial charge in [-0.3, -0.25) is 24.5 Å². The first-order chi connectivity index (χ1) is 9.72. The zero-order valence-corrected chi connectivity index (χ0v) is 10.6. The normalized spacial score (nSPS) is 9.90. The van der Waals surface area contributed by atoms with Gasteiger partial charge in [0.25, 0.3) is 5.69 Å². The molecule has 1 rings (SSSR count). The highest BCUT2D eigenvalue weighted by molar-refractivity contribution is 5.95. The van der Waals surface area contributed by atoms with E-state index < -0.39 is 41.5 Å². The number of carboxylic acids is 2. The summed E-state index contributed by atoms with van der Waals surface area (Å²) in [4.78, 5) is 43.4. The number of anilines is 1. The number of nitro groups is 1. The van der Waals surface area contributed by atoms with Gasteiger partial charge >= 0.3 is 11.9 Å². The molecule has 0 fully saturated rings. The summed E-state index contributed by atoms with van der Waals surface area (Å²) in [5, 5.41) is 28.5. The Labute approximate surface area is 117 Å². The lowest BCUT2D eigenvalue weighted by molar-refractivity contribution is -0.384. The van der Waals surface area contributed by atoms with Crippen molar-refractivity contribution in [1.82, 2.24) is 0 Å². The lowest BCUT2D eigenvalue weighted by Crippen LogP contribution is -2.35. The van der Waals surface area contributed by atoms with Crippen LogP contribution in [0.3, 0.4) is 0 Å². The number of benzene rings is 1. The Morgan fingerprint density at radius 1 is 1.19 bits per heavy atom. The summed E-state index contributed by atoms with van der Waals surface area (Å²) in [7, 11) is 0. The fourth-order valence-corrected chi connectivity index (χ4v) is 1.64. The van der Waals surface area contributed by atoms with Crippen molar-refractivity contribution in [2.75, 3.05) is 18.0 Å². The van der Waals surface area contributed by atoms with Crippen LogP contribution in [0, 0.1) is 10.1 Å². The molecule has 0 atom stereocenters. The molecule has 0 heterocycles. The molecule has 0 aliphatic heterocycles. The number of carbonyl (C=O) groups excluding carboxylic acids is 1. The molecule has 21 heavy (non-hydrogen) atoms. The highest BCUT2D eigenvalue weighted by Gasteiger charge is 2.24. The maximum atomic E-state index is 11.0. The smallest absolute Gasteiger partial charge is 0.323 e. The van der Waals surface area contributed by atoms with E-state index in [1.165, 1.54) is 0 Å². The van der Waals surface area contributed by atoms with Gasteiger partial charge in [0.2, 0.25) is 5.91 Å². The maximum Gasteiger partial charge on any atom is 0.323 e. The summed E-state index contributed by atoms with van der Waals surface area (Å²) < 4.78 is 0. The zero-order chi connectivity index (χ0) is 16.2. The Hall–Kier alpha value is -3.17. The van der Waals surface area contributed by atoms with Crippen molar-refractivity contribution in [3.05, 3.63) is 33.9 Å². The molecule has 0 spiro atoms. The number of carbonyl (C=O) groups is 3. The molecule has 0 saturated carbocycles. The minimum absolute atomic E-state index is 0.143. The first kappa shape index (κ1) is 15.9. The van der Waals surface area contributed by atoms with E-state index in [-0.39, 0.29) is 11.3 Å². The molecule has 1 amide bonds. The number of rotatable bonds is 7. The maximum absolute atomic E-state index is 11.0. The lowest BCUT2D eigenvalue weighted by Gasteiger charge is -2.20. The molecule has 0 aliphatic carbocycles. The summed E-state index contributed by atoms with van der Waals surface area (Å²) in [5.74, 6) is -3.61. The molecule has 0 aliphatic rings. The molecular weight excluding hydrogens is 286 g/mol. The zero-order valence-electron chi connectivity index (χ0n) is 10.6. The Kier molecular flexibility index (Phi) is 4.78. The van der Waals surface area contributed by atoms with Crippen LogP contribution in [0.4, 0.5) is 11.4 Å². The number of nitro benzene ring substituents is 1. The predicted molar refractivity (Wildman–Crippen MR) is 69.1 cm³/mol. The minimum Gasteiger partial charge on any atom is -0.480 e. The number of hydrogen-bond acceptors (Lipinski definition) is 6. The fourth-order valence-electron chi connectivity index (χ4n) is 1.64. The van der Waals surface area contributed by atoms with Crippen molar-refractivity contribution >= 4 is 29.2 Å². The largest absolute Gasteiger partial charge is 0.480 e. The van der Waals surface area contributed by atoms with Gasteiger partial charge in [-0.05, 0) is 12.1 Å². The molecule has 1 aromatic rings. The highest BCUT2D eigenvalue weighted by atomic mass is 16.6. The molecule has 4 N–H and O–H groups in total. The van der Waals surface area contributed by atoms with E-state index in [9.17, 15) is 24.5 Å². The molecule has 1 aromatic carbocycles. The van der Waals surface area contributed by atoms with Crippen LogP contribution in [-0.4, -0.2) is 46.1 Å². The van der Waals surface area contributed by atoms with Crippen LogP contribution in [0.15, 0.2) is 18.2 Å². The molecule has 0 radical (unpaired) electrons. The second kappa shape index (κ2) is 6.32. The first-order valence-electron chi connectivity index (χ1n) is 5.49. The third kappa shape index (κ3) is 4.16. The molecule has 0 saturated heterocycles. The van der Waals surface area contributed by atoms with Gasteiger partial charge in [0.15, 0.2) is 0 Å². The van der Waals surface area contributed by atoms with Crippen LogP contribution >= 0.6 is 0 Å². The SMILES string of the molecule is NC(=O)c1ccc(N(CC(=O)O)CC(=O)O)c([N+](=O)[O-])c1. The molecule has 0 unspecified atom stereocenters. The van der Waals surface area contributed by atoms with Gasteiger partial charge < -0.3 is 20.8 Å². The molecule has 10 nitrogen and oxygen atoms in total. The summed E-state index contributed by atoms with van der Waals surface area (Å²) in [6, 6.07) is 3.11. The van der Waals surface area contributed by atoms with Gasteiger partial charge in [-0.15, -0.1) is 0 Å². The number of nitrogens with zero attached hydrogens (tertiary/aromatic N) is 2. The van der Waals surface area contributed by atoms with Crippen molar-refractivity contribution in [2.45, 2.75) is 0 Å². The molecule has 112 valence electrons. The van der Waals surface area contributed by atoms with Crippen LogP contribution in [0.25, 0.3) is 0 Å². The second-order valence-electron chi connectivity index (χ2n) is 3.97. The van der Waals surface area contributed by atoms with Crippen molar-refractivity contribution in [2.24, 2.45) is 5.73 Å². The number of amides is 1. The summed E-state index contributed by atoms with van der Waals surface area (Å²) in [6.45, 7) is -1.49. The van der Waals surface area contributed by atoms with Crippen LogP contribution < -0.4 is 10.6 Å². The van der Waals surface area contributed by atoms with Gasteiger partial charge in [-0.2, -0.15) is 0 Å². The third-order valence-corrected chi connectivity index (χ3v) is 2.45. The Bertz CT molecular complexity index is 598. The summed E-state index contributed by atoms with van der Waals surface area (Å²) in [6.07, 6.45) is 0. The van der Waals surface area contributed by atoms with E-state index in [1.54, 1.807) is 0 Å². The Morgan fingerprint density at radius 2 is 1.71 bits per heavy atom. The quantitative estimate of drug-likeness (QED) is 0.454. The fraction of sp³-hybridized carbons (Fsp3) is 0.182. The molecule has 0 bridgehead atoms. The van der Waals surface area contributed by atoms with Crippen molar-refractivity contribution in [3.63, 3.8) is 0 Å². The third-order valence-electron chi connectivity index (χ3n) is 2.45. The topological polar surface area (TPSA) is 164 Å². The Balaban J connectivity index is 3.35. The molecular formula is C11H11N3O7. The number of primary amides is 1. The van der Waals surface area contributed by atoms with Gasteiger partial charge in [0.1, 0.15) is 18.8 Å². The lowest BCUT2D eigenvalue weighted by atomic mass is 10.1. The first-order valence-corrected chi connectivity index (χ1v) is 5.49. The van der Waals surface area contributed by atoms with Gasteiger partial charge in [0.05, 0.1) is 4.92 Å². The van der Waals surface area contributed by atoms with Crippen molar-refractivity contribution < 1.29 is 29.5 Å². The van der Waals surface area contributed by atoms with Gasteiger partial charge in [-0.25, -0.2) is 0 Å². The van der Waals surface area contributed by atoms with E-state index in [0.29, 0.717) is 0 Å². The average Bonchev–Trinajstić information content (AvgIpc) is 2.35. The number of carboxylic acid groups (broad SMARTS) is 2.